The molecule has 0 radical (unpaired) electrons. The van der Waals surface area contributed by atoms with Crippen molar-refractivity contribution in [1.82, 2.24) is 10.2 Å². The Morgan fingerprint density at radius 2 is 1.91 bits per heavy atom. The molecule has 2 saturated heterocycles. The number of hydrogen-bond acceptors (Lipinski definition) is 7. The average molecular weight is 474 g/mol. The molecule has 4 rings (SSSR count). The molecule has 176 valence electrons. The zero-order valence-corrected chi connectivity index (χ0v) is 19.2. The van der Waals surface area contributed by atoms with Gasteiger partial charge in [0.1, 0.15) is 5.75 Å². The van der Waals surface area contributed by atoms with Crippen molar-refractivity contribution in [3.05, 3.63) is 59.7 Å². The van der Waals surface area contributed by atoms with Crippen molar-refractivity contribution in [2.24, 2.45) is 0 Å². The summed E-state index contributed by atoms with van der Waals surface area (Å²) in [4.78, 5) is 27.3. The summed E-state index contributed by atoms with van der Waals surface area (Å²) in [5.41, 5.74) is 1.42. The Morgan fingerprint density at radius 3 is 2.61 bits per heavy atom. The second-order valence-electron chi connectivity index (χ2n) is 7.89. The molecule has 0 aromatic heterocycles. The average Bonchev–Trinajstić information content (AvgIpc) is 3.12. The topological polar surface area (TPSA) is 105 Å². The Labute approximate surface area is 193 Å². The van der Waals surface area contributed by atoms with Gasteiger partial charge in [-0.05, 0) is 24.3 Å². The van der Waals surface area contributed by atoms with E-state index in [1.54, 1.807) is 19.2 Å². The van der Waals surface area contributed by atoms with Gasteiger partial charge in [-0.15, -0.1) is 0 Å². The van der Waals surface area contributed by atoms with Gasteiger partial charge in [-0.25, -0.2) is 12.7 Å². The highest BCUT2D eigenvalue weighted by Gasteiger charge is 2.36. The zero-order chi connectivity index (χ0) is 23.4. The second kappa shape index (κ2) is 9.90. The maximum atomic E-state index is 13.0. The lowest BCUT2D eigenvalue weighted by atomic mass is 10.0. The number of rotatable bonds is 7. The van der Waals surface area contributed by atoms with E-state index < -0.39 is 15.9 Å². The van der Waals surface area contributed by atoms with E-state index in [0.29, 0.717) is 19.8 Å². The van der Waals surface area contributed by atoms with Crippen LogP contribution in [0.15, 0.2) is 48.5 Å². The quantitative estimate of drug-likeness (QED) is 0.651. The minimum atomic E-state index is -3.70. The lowest BCUT2D eigenvalue weighted by molar-refractivity contribution is -0.116. The number of benzene rings is 2. The molecule has 2 fully saturated rings. The van der Waals surface area contributed by atoms with Gasteiger partial charge in [0.15, 0.2) is 0 Å². The number of anilines is 1. The third-order valence-electron chi connectivity index (χ3n) is 5.86. The summed E-state index contributed by atoms with van der Waals surface area (Å²) < 4.78 is 36.3. The Morgan fingerprint density at radius 1 is 1.15 bits per heavy atom. The van der Waals surface area contributed by atoms with Crippen molar-refractivity contribution in [3.8, 4) is 5.75 Å². The van der Waals surface area contributed by atoms with E-state index in [4.69, 9.17) is 9.47 Å². The van der Waals surface area contributed by atoms with Gasteiger partial charge in [0.25, 0.3) is 5.91 Å². The molecule has 1 atom stereocenters. The summed E-state index contributed by atoms with van der Waals surface area (Å²) in [5, 5.41) is 2.97. The van der Waals surface area contributed by atoms with Crippen molar-refractivity contribution in [2.75, 3.05) is 50.0 Å². The van der Waals surface area contributed by atoms with E-state index in [9.17, 15) is 18.0 Å². The van der Waals surface area contributed by atoms with Gasteiger partial charge in [-0.2, -0.15) is 0 Å². The molecule has 0 spiro atoms. The maximum absolute atomic E-state index is 13.0. The van der Waals surface area contributed by atoms with Gasteiger partial charge in [-0.3, -0.25) is 14.5 Å². The van der Waals surface area contributed by atoms with Crippen LogP contribution in [0.5, 0.6) is 5.75 Å². The van der Waals surface area contributed by atoms with E-state index in [2.05, 4.69) is 10.2 Å². The molecule has 0 saturated carbocycles. The summed E-state index contributed by atoms with van der Waals surface area (Å²) >= 11 is 0. The second-order valence-corrected chi connectivity index (χ2v) is 9.83. The predicted octanol–water partition coefficient (Wildman–Crippen LogP) is 1.56. The molecule has 2 aliphatic heterocycles. The van der Waals surface area contributed by atoms with Gasteiger partial charge in [0.05, 0.1) is 37.8 Å². The number of nitrogens with one attached hydrogen (secondary N) is 1. The molecular formula is C23H27N3O6S. The fourth-order valence-electron chi connectivity index (χ4n) is 4.20. The molecule has 2 aromatic carbocycles. The first-order chi connectivity index (χ1) is 15.9. The third-order valence-corrected chi connectivity index (χ3v) is 7.55. The molecule has 2 heterocycles. The highest BCUT2D eigenvalue weighted by atomic mass is 32.2. The number of hydrogen-bond donors (Lipinski definition) is 1. The van der Waals surface area contributed by atoms with Crippen LogP contribution in [0.1, 0.15) is 28.4 Å². The van der Waals surface area contributed by atoms with Gasteiger partial charge in [0.2, 0.25) is 15.9 Å². The molecule has 2 aliphatic rings. The minimum absolute atomic E-state index is 0.0567. The van der Waals surface area contributed by atoms with E-state index in [-0.39, 0.29) is 35.4 Å². The lowest BCUT2D eigenvalue weighted by Gasteiger charge is -2.35. The van der Waals surface area contributed by atoms with Crippen molar-refractivity contribution < 1.29 is 27.5 Å². The number of carbonyl (C=O) groups excluding carboxylic acids is 2. The van der Waals surface area contributed by atoms with Crippen molar-refractivity contribution in [3.63, 3.8) is 0 Å². The lowest BCUT2D eigenvalue weighted by Crippen LogP contribution is -2.44. The smallest absolute Gasteiger partial charge is 0.251 e. The number of nitrogens with zero attached hydrogens (tertiary/aromatic N) is 2. The fourth-order valence-corrected chi connectivity index (χ4v) is 5.65. The molecule has 9 nitrogen and oxygen atoms in total. The van der Waals surface area contributed by atoms with E-state index >= 15 is 0 Å². The first-order valence-electron chi connectivity index (χ1n) is 10.8. The number of para-hydroxylation sites is 1. The molecule has 33 heavy (non-hydrogen) atoms. The minimum Gasteiger partial charge on any atom is -0.496 e. The number of methoxy groups -OCH3 is 1. The summed E-state index contributed by atoms with van der Waals surface area (Å²) in [6, 6.07) is 13.7. The van der Waals surface area contributed by atoms with Crippen LogP contribution >= 0.6 is 0 Å². The van der Waals surface area contributed by atoms with Gasteiger partial charge in [-0.1, -0.05) is 24.3 Å². The van der Waals surface area contributed by atoms with Crippen molar-refractivity contribution in [1.29, 1.82) is 0 Å². The van der Waals surface area contributed by atoms with Crippen molar-refractivity contribution >= 4 is 27.5 Å². The molecule has 1 N–H and O–H groups in total. The number of ether oxygens (including phenoxy) is 2. The summed E-state index contributed by atoms with van der Waals surface area (Å²) in [6.07, 6.45) is -0.0567. The van der Waals surface area contributed by atoms with Gasteiger partial charge < -0.3 is 14.8 Å². The summed E-state index contributed by atoms with van der Waals surface area (Å²) in [7, 11) is -2.08. The Hall–Kier alpha value is -2.95. The van der Waals surface area contributed by atoms with E-state index in [1.807, 2.05) is 24.3 Å². The molecule has 0 aliphatic carbocycles. The Bertz CT molecular complexity index is 1130. The number of morpholine rings is 1. The Balaban J connectivity index is 1.54. The van der Waals surface area contributed by atoms with Crippen LogP contribution in [-0.2, 0) is 19.6 Å². The predicted molar refractivity (Wildman–Crippen MR) is 123 cm³/mol. The molecule has 2 amide bonds. The number of sulfonamides is 1. The van der Waals surface area contributed by atoms with E-state index in [0.717, 1.165) is 28.7 Å². The molecule has 0 unspecified atom stereocenters. The molecule has 2 aromatic rings. The first-order valence-corrected chi connectivity index (χ1v) is 12.4. The fraction of sp³-hybridized carbons (Fsp3) is 0.391. The molecular weight excluding hydrogens is 446 g/mol. The number of amides is 2. The van der Waals surface area contributed by atoms with Crippen LogP contribution in [-0.4, -0.2) is 70.8 Å². The van der Waals surface area contributed by atoms with Crippen molar-refractivity contribution in [2.45, 2.75) is 12.5 Å². The SMILES string of the molecule is COc1ccccc1[C@H](CNC(=O)c1cccc(N2C(=O)CCS2(=O)=O)c1)N1CCOCC1. The van der Waals surface area contributed by atoms with Gasteiger partial charge in [0, 0.05) is 37.2 Å². The monoisotopic (exact) mass is 473 g/mol. The van der Waals surface area contributed by atoms with Crippen LogP contribution in [0.3, 0.4) is 0 Å². The summed E-state index contributed by atoms with van der Waals surface area (Å²) in [6.45, 7) is 3.00. The molecule has 10 heteroatoms. The Kier molecular flexibility index (Phi) is 6.96. The standard InChI is InChI=1S/C23H27N3O6S/c1-31-21-8-3-2-7-19(21)20(25-10-12-32-13-11-25)16-24-23(28)17-5-4-6-18(15-17)26-22(27)9-14-33(26,29)30/h2-8,15,20H,9-14,16H2,1H3,(H,24,28)/t20-/m0/s1. The van der Waals surface area contributed by atoms with Gasteiger partial charge >= 0.3 is 0 Å². The normalized spacial score (nSPS) is 19.3. The van der Waals surface area contributed by atoms with Crippen LogP contribution in [0, 0.1) is 0 Å². The first kappa shape index (κ1) is 23.2. The highest BCUT2D eigenvalue weighted by molar-refractivity contribution is 7.94. The molecule has 0 bridgehead atoms. The van der Waals surface area contributed by atoms with Crippen LogP contribution < -0.4 is 14.4 Å². The van der Waals surface area contributed by atoms with Crippen LogP contribution in [0.4, 0.5) is 5.69 Å². The highest BCUT2D eigenvalue weighted by Crippen LogP contribution is 2.30. The number of carbonyl (C=O) groups is 2. The largest absolute Gasteiger partial charge is 0.496 e. The van der Waals surface area contributed by atoms with Crippen LogP contribution in [0.25, 0.3) is 0 Å². The van der Waals surface area contributed by atoms with Crippen LogP contribution in [0.2, 0.25) is 0 Å². The van der Waals surface area contributed by atoms with E-state index in [1.165, 1.54) is 12.1 Å². The summed E-state index contributed by atoms with van der Waals surface area (Å²) in [5.74, 6) is -0.323. The third kappa shape index (κ3) is 5.02. The zero-order valence-electron chi connectivity index (χ0n) is 18.4. The maximum Gasteiger partial charge on any atom is 0.251 e.